The van der Waals surface area contributed by atoms with E-state index in [0.717, 1.165) is 43.5 Å². The third kappa shape index (κ3) is 4.87. The van der Waals surface area contributed by atoms with Gasteiger partial charge >= 0.3 is 0 Å². The van der Waals surface area contributed by atoms with Crippen molar-refractivity contribution in [3.8, 4) is 0 Å². The van der Waals surface area contributed by atoms with Crippen LogP contribution in [0.1, 0.15) is 36.0 Å². The van der Waals surface area contributed by atoms with E-state index in [4.69, 9.17) is 0 Å². The Bertz CT molecular complexity index is 1000. The van der Waals surface area contributed by atoms with E-state index in [-0.39, 0.29) is 16.8 Å². The van der Waals surface area contributed by atoms with Crippen LogP contribution in [-0.2, 0) is 10.0 Å². The molecule has 2 aliphatic rings. The lowest BCUT2D eigenvalue weighted by molar-refractivity contribution is 0.0709. The van der Waals surface area contributed by atoms with Crippen molar-refractivity contribution < 1.29 is 13.2 Å². The van der Waals surface area contributed by atoms with Gasteiger partial charge in [-0.1, -0.05) is 22.0 Å². The van der Waals surface area contributed by atoms with Gasteiger partial charge < -0.3 is 9.80 Å². The summed E-state index contributed by atoms with van der Waals surface area (Å²) in [5.74, 6) is -0.0265. The van der Waals surface area contributed by atoms with Crippen molar-refractivity contribution in [2.45, 2.75) is 36.6 Å². The van der Waals surface area contributed by atoms with Gasteiger partial charge in [0.15, 0.2) is 0 Å². The molecule has 1 amide bonds. The zero-order chi connectivity index (χ0) is 21.1. The minimum absolute atomic E-state index is 0.0265. The summed E-state index contributed by atoms with van der Waals surface area (Å²) in [5, 5.41) is 0. The molecule has 1 N–H and O–H groups in total. The lowest BCUT2D eigenvalue weighted by atomic mass is 10.1. The second-order valence-electron chi connectivity index (χ2n) is 7.94. The monoisotopic (exact) mass is 491 g/mol. The molecule has 6 nitrogen and oxygen atoms in total. The molecule has 0 aromatic heterocycles. The highest BCUT2D eigenvalue weighted by atomic mass is 79.9. The molecular formula is C22H26BrN3O3S. The molecule has 4 rings (SSSR count). The molecule has 0 aliphatic carbocycles. The van der Waals surface area contributed by atoms with Crippen molar-refractivity contribution in [2.24, 2.45) is 0 Å². The first-order valence-electron chi connectivity index (χ1n) is 10.3. The molecule has 0 spiro atoms. The first-order valence-corrected chi connectivity index (χ1v) is 12.6. The standard InChI is InChI=1S/C22H26BrN3O3S/c23-18-8-10-21(11-9-18)30(28,29)24-19-6-3-5-17(15-19)22(27)26-14-4-7-20(26)16-25-12-1-2-13-25/h3,5-6,8-11,15,20,24H,1-2,4,7,12-14,16H2. The maximum atomic E-state index is 13.2. The Labute approximate surface area is 186 Å². The Morgan fingerprint density at radius 3 is 2.50 bits per heavy atom. The number of carbonyl (C=O) groups excluding carboxylic acids is 1. The largest absolute Gasteiger partial charge is 0.334 e. The van der Waals surface area contributed by atoms with Crippen molar-refractivity contribution in [1.82, 2.24) is 9.80 Å². The summed E-state index contributed by atoms with van der Waals surface area (Å²) in [6.45, 7) is 3.92. The lowest BCUT2D eigenvalue weighted by Crippen LogP contribution is -2.42. The zero-order valence-corrected chi connectivity index (χ0v) is 19.2. The van der Waals surface area contributed by atoms with Crippen LogP contribution in [0, 0.1) is 0 Å². The number of carbonyl (C=O) groups is 1. The van der Waals surface area contributed by atoms with Gasteiger partial charge in [-0.25, -0.2) is 8.42 Å². The van der Waals surface area contributed by atoms with Crippen molar-refractivity contribution in [3.05, 3.63) is 58.6 Å². The van der Waals surface area contributed by atoms with Crippen molar-refractivity contribution in [1.29, 1.82) is 0 Å². The van der Waals surface area contributed by atoms with Gasteiger partial charge in [-0.15, -0.1) is 0 Å². The number of anilines is 1. The fourth-order valence-corrected chi connectivity index (χ4v) is 5.58. The topological polar surface area (TPSA) is 69.7 Å². The smallest absolute Gasteiger partial charge is 0.261 e. The number of likely N-dealkylation sites (tertiary alicyclic amines) is 2. The molecule has 30 heavy (non-hydrogen) atoms. The molecule has 2 aromatic rings. The zero-order valence-electron chi connectivity index (χ0n) is 16.8. The summed E-state index contributed by atoms with van der Waals surface area (Å²) >= 11 is 3.31. The molecule has 0 saturated carbocycles. The van der Waals surface area contributed by atoms with Crippen molar-refractivity contribution in [3.63, 3.8) is 0 Å². The highest BCUT2D eigenvalue weighted by Gasteiger charge is 2.31. The fourth-order valence-electron chi connectivity index (χ4n) is 4.27. The van der Waals surface area contributed by atoms with Gasteiger partial charge in [-0.3, -0.25) is 9.52 Å². The van der Waals surface area contributed by atoms with Crippen LogP contribution < -0.4 is 4.72 Å². The Morgan fingerprint density at radius 2 is 1.77 bits per heavy atom. The first-order chi connectivity index (χ1) is 14.4. The van der Waals surface area contributed by atoms with Gasteiger partial charge in [0.2, 0.25) is 0 Å². The average Bonchev–Trinajstić information content (AvgIpc) is 3.40. The first kappa shape index (κ1) is 21.3. The lowest BCUT2D eigenvalue weighted by Gasteiger charge is -2.28. The Kier molecular flexibility index (Phi) is 6.46. The third-order valence-corrected chi connectivity index (χ3v) is 7.72. The number of benzene rings is 2. The van der Waals surface area contributed by atoms with E-state index in [1.54, 1.807) is 36.4 Å². The summed E-state index contributed by atoms with van der Waals surface area (Å²) in [6, 6.07) is 13.4. The highest BCUT2D eigenvalue weighted by molar-refractivity contribution is 9.10. The van der Waals surface area contributed by atoms with E-state index < -0.39 is 10.0 Å². The van der Waals surface area contributed by atoms with Crippen LogP contribution in [0.4, 0.5) is 5.69 Å². The summed E-state index contributed by atoms with van der Waals surface area (Å²) in [7, 11) is -3.72. The maximum absolute atomic E-state index is 13.2. The van der Waals surface area contributed by atoms with Crippen LogP contribution in [0.2, 0.25) is 0 Å². The summed E-state index contributed by atoms with van der Waals surface area (Å²) in [6.07, 6.45) is 4.51. The predicted molar refractivity (Wildman–Crippen MR) is 121 cm³/mol. The van der Waals surface area contributed by atoms with Crippen LogP contribution in [0.15, 0.2) is 57.9 Å². The minimum Gasteiger partial charge on any atom is -0.334 e. The van der Waals surface area contributed by atoms with Crippen LogP contribution in [-0.4, -0.2) is 56.3 Å². The summed E-state index contributed by atoms with van der Waals surface area (Å²) < 4.78 is 28.7. The van der Waals surface area contributed by atoms with Gasteiger partial charge in [0.05, 0.1) is 4.90 Å². The quantitative estimate of drug-likeness (QED) is 0.663. The van der Waals surface area contributed by atoms with E-state index >= 15 is 0 Å². The predicted octanol–water partition coefficient (Wildman–Crippen LogP) is 3.95. The van der Waals surface area contributed by atoms with Gasteiger partial charge in [-0.2, -0.15) is 0 Å². The van der Waals surface area contributed by atoms with E-state index in [0.29, 0.717) is 11.3 Å². The molecule has 0 radical (unpaired) electrons. The van der Waals surface area contributed by atoms with E-state index in [1.807, 2.05) is 4.90 Å². The number of hydrogen-bond donors (Lipinski definition) is 1. The number of halogens is 1. The summed E-state index contributed by atoms with van der Waals surface area (Å²) in [4.78, 5) is 17.8. The molecule has 2 heterocycles. The van der Waals surface area contributed by atoms with Crippen LogP contribution >= 0.6 is 15.9 Å². The Hall–Kier alpha value is -1.90. The SMILES string of the molecule is O=C(c1cccc(NS(=O)(=O)c2ccc(Br)cc2)c1)N1CCCC1CN1CCCC1. The molecule has 1 atom stereocenters. The molecular weight excluding hydrogens is 466 g/mol. The number of nitrogens with one attached hydrogen (secondary N) is 1. The molecule has 2 aliphatic heterocycles. The Balaban J connectivity index is 1.48. The molecule has 160 valence electrons. The molecule has 0 bridgehead atoms. The summed E-state index contributed by atoms with van der Waals surface area (Å²) in [5.41, 5.74) is 0.901. The van der Waals surface area contributed by atoms with E-state index in [1.165, 1.54) is 25.0 Å². The normalized spacial score (nSPS) is 19.9. The number of rotatable bonds is 6. The Morgan fingerprint density at radius 1 is 1.03 bits per heavy atom. The van der Waals surface area contributed by atoms with Gasteiger partial charge in [-0.05, 0) is 81.2 Å². The number of sulfonamides is 1. The molecule has 2 aromatic carbocycles. The van der Waals surface area contributed by atoms with E-state index in [9.17, 15) is 13.2 Å². The molecule has 8 heteroatoms. The second-order valence-corrected chi connectivity index (χ2v) is 10.5. The molecule has 2 fully saturated rings. The van der Waals surface area contributed by atoms with Gasteiger partial charge in [0.1, 0.15) is 0 Å². The van der Waals surface area contributed by atoms with Crippen LogP contribution in [0.25, 0.3) is 0 Å². The average molecular weight is 492 g/mol. The third-order valence-electron chi connectivity index (χ3n) is 5.79. The van der Waals surface area contributed by atoms with Gasteiger partial charge in [0.25, 0.3) is 15.9 Å². The number of nitrogens with zero attached hydrogens (tertiary/aromatic N) is 2. The molecule has 2 saturated heterocycles. The van der Waals surface area contributed by atoms with Gasteiger partial charge in [0, 0.05) is 34.9 Å². The fraction of sp³-hybridized carbons (Fsp3) is 0.409. The number of hydrogen-bond acceptors (Lipinski definition) is 4. The van der Waals surface area contributed by atoms with Crippen LogP contribution in [0.3, 0.4) is 0 Å². The number of amides is 1. The van der Waals surface area contributed by atoms with Crippen molar-refractivity contribution >= 4 is 37.5 Å². The second kappa shape index (κ2) is 9.08. The highest BCUT2D eigenvalue weighted by Crippen LogP contribution is 2.24. The van der Waals surface area contributed by atoms with Crippen LogP contribution in [0.5, 0.6) is 0 Å². The minimum atomic E-state index is -3.72. The molecule has 1 unspecified atom stereocenters. The maximum Gasteiger partial charge on any atom is 0.261 e. The van der Waals surface area contributed by atoms with E-state index in [2.05, 4.69) is 25.6 Å². The van der Waals surface area contributed by atoms with Crippen molar-refractivity contribution in [2.75, 3.05) is 30.9 Å².